The highest BCUT2D eigenvalue weighted by molar-refractivity contribution is 5.48. The third kappa shape index (κ3) is 3.01. The number of fused-ring (bicyclic) bond motifs is 1. The first-order valence-corrected chi connectivity index (χ1v) is 7.15. The summed E-state index contributed by atoms with van der Waals surface area (Å²) in [5, 5.41) is 28.4. The van der Waals surface area contributed by atoms with Crippen LogP contribution in [-0.4, -0.2) is 30.7 Å². The number of aliphatic hydroxyl groups excluding tert-OH is 1. The van der Waals surface area contributed by atoms with Crippen molar-refractivity contribution in [1.82, 2.24) is 14.6 Å². The SMILES string of the molecule is C[C@H](Nc1ccc2ncc([N+](=O)[O-])n2n1)[C@@H](O)c1ccc(F)cc1. The first-order chi connectivity index (χ1) is 11.5. The molecule has 0 saturated heterocycles. The standard InChI is InChI=1S/C15H14FN5O3/c1-9(15(22)10-2-4-11(16)5-3-10)18-12-6-7-13-17-8-14(21(23)24)20(13)19-12/h2-9,15,22H,1H3,(H,18,19)/t9-,15+/m0/s1. The molecule has 2 aromatic heterocycles. The van der Waals surface area contributed by atoms with Gasteiger partial charge in [-0.15, -0.1) is 0 Å². The Morgan fingerprint density at radius 1 is 1.29 bits per heavy atom. The molecule has 1 aromatic carbocycles. The van der Waals surface area contributed by atoms with Gasteiger partial charge in [-0.3, -0.25) is 0 Å². The van der Waals surface area contributed by atoms with Crippen LogP contribution in [0.5, 0.6) is 0 Å². The molecule has 0 aliphatic carbocycles. The number of halogens is 1. The third-order valence-electron chi connectivity index (χ3n) is 3.59. The number of nitro groups is 1. The molecule has 2 N–H and O–H groups in total. The molecule has 0 saturated carbocycles. The van der Waals surface area contributed by atoms with E-state index in [1.165, 1.54) is 24.3 Å². The summed E-state index contributed by atoms with van der Waals surface area (Å²) in [6.45, 7) is 1.72. The Kier molecular flexibility index (Phi) is 4.09. The zero-order valence-corrected chi connectivity index (χ0v) is 12.6. The Hall–Kier alpha value is -3.07. The van der Waals surface area contributed by atoms with Crippen molar-refractivity contribution in [2.45, 2.75) is 19.1 Å². The lowest BCUT2D eigenvalue weighted by Gasteiger charge is -2.20. The molecule has 3 rings (SSSR count). The summed E-state index contributed by atoms with van der Waals surface area (Å²) in [4.78, 5) is 14.3. The van der Waals surface area contributed by atoms with Crippen LogP contribution in [-0.2, 0) is 0 Å². The second-order valence-electron chi connectivity index (χ2n) is 5.29. The fourth-order valence-corrected chi connectivity index (χ4v) is 2.32. The molecule has 3 aromatic rings. The van der Waals surface area contributed by atoms with Crippen LogP contribution in [0.3, 0.4) is 0 Å². The minimum absolute atomic E-state index is 0.250. The van der Waals surface area contributed by atoms with Crippen molar-refractivity contribution in [2.24, 2.45) is 0 Å². The van der Waals surface area contributed by atoms with E-state index in [9.17, 15) is 19.6 Å². The number of hydrogen-bond donors (Lipinski definition) is 2. The molecule has 0 amide bonds. The van der Waals surface area contributed by atoms with Gasteiger partial charge in [-0.2, -0.15) is 0 Å². The number of anilines is 1. The first-order valence-electron chi connectivity index (χ1n) is 7.15. The van der Waals surface area contributed by atoms with Crippen molar-refractivity contribution in [3.05, 3.63) is 64.1 Å². The lowest BCUT2D eigenvalue weighted by Crippen LogP contribution is -2.25. The van der Waals surface area contributed by atoms with E-state index in [1.807, 2.05) is 0 Å². The van der Waals surface area contributed by atoms with Crippen LogP contribution in [0.1, 0.15) is 18.6 Å². The van der Waals surface area contributed by atoms with Gasteiger partial charge in [0.2, 0.25) is 5.65 Å². The number of rotatable bonds is 5. The summed E-state index contributed by atoms with van der Waals surface area (Å²) in [5.41, 5.74) is 0.894. The molecular weight excluding hydrogens is 317 g/mol. The highest BCUT2D eigenvalue weighted by Crippen LogP contribution is 2.21. The van der Waals surface area contributed by atoms with Gasteiger partial charge < -0.3 is 20.5 Å². The molecule has 0 radical (unpaired) electrons. The maximum atomic E-state index is 12.9. The molecule has 2 atom stereocenters. The molecule has 2 heterocycles. The van der Waals surface area contributed by atoms with Crippen molar-refractivity contribution in [3.8, 4) is 0 Å². The normalized spacial score (nSPS) is 13.6. The zero-order chi connectivity index (χ0) is 17.3. The van der Waals surface area contributed by atoms with E-state index < -0.39 is 17.1 Å². The maximum absolute atomic E-state index is 12.9. The Balaban J connectivity index is 1.82. The molecule has 9 heteroatoms. The largest absolute Gasteiger partial charge is 0.386 e. The van der Waals surface area contributed by atoms with Crippen LogP contribution in [0.15, 0.2) is 42.6 Å². The van der Waals surface area contributed by atoms with Gasteiger partial charge in [0.1, 0.15) is 12.0 Å². The average molecular weight is 331 g/mol. The predicted molar refractivity (Wildman–Crippen MR) is 84.1 cm³/mol. The van der Waals surface area contributed by atoms with E-state index in [0.29, 0.717) is 17.0 Å². The fourth-order valence-electron chi connectivity index (χ4n) is 2.32. The molecule has 0 bridgehead atoms. The molecular formula is C15H14FN5O3. The van der Waals surface area contributed by atoms with Gasteiger partial charge >= 0.3 is 5.82 Å². The molecule has 8 nitrogen and oxygen atoms in total. The smallest absolute Gasteiger partial charge is 0.368 e. The third-order valence-corrected chi connectivity index (χ3v) is 3.59. The lowest BCUT2D eigenvalue weighted by atomic mass is 10.0. The molecule has 0 aliphatic heterocycles. The van der Waals surface area contributed by atoms with Crippen molar-refractivity contribution >= 4 is 17.3 Å². The van der Waals surface area contributed by atoms with Gasteiger partial charge in [0, 0.05) is 6.07 Å². The molecule has 24 heavy (non-hydrogen) atoms. The second kappa shape index (κ2) is 6.20. The number of benzene rings is 1. The van der Waals surface area contributed by atoms with Crippen LogP contribution in [0.4, 0.5) is 16.0 Å². The van der Waals surface area contributed by atoms with Crippen LogP contribution in [0.2, 0.25) is 0 Å². The van der Waals surface area contributed by atoms with E-state index in [4.69, 9.17) is 0 Å². The average Bonchev–Trinajstić information content (AvgIpc) is 2.98. The maximum Gasteiger partial charge on any atom is 0.368 e. The summed E-state index contributed by atoms with van der Waals surface area (Å²) in [7, 11) is 0. The van der Waals surface area contributed by atoms with E-state index >= 15 is 0 Å². The number of aromatic nitrogens is 3. The monoisotopic (exact) mass is 331 g/mol. The number of nitrogens with one attached hydrogen (secondary N) is 1. The quantitative estimate of drug-likeness (QED) is 0.549. The van der Waals surface area contributed by atoms with Crippen LogP contribution < -0.4 is 5.32 Å². The van der Waals surface area contributed by atoms with Crippen molar-refractivity contribution in [1.29, 1.82) is 0 Å². The van der Waals surface area contributed by atoms with Gasteiger partial charge in [0.15, 0.2) is 5.82 Å². The van der Waals surface area contributed by atoms with E-state index in [-0.39, 0.29) is 11.6 Å². The Bertz CT molecular complexity index is 880. The number of nitrogens with zero attached hydrogens (tertiary/aromatic N) is 4. The Morgan fingerprint density at radius 3 is 2.67 bits per heavy atom. The molecule has 0 fully saturated rings. The van der Waals surface area contributed by atoms with E-state index in [1.54, 1.807) is 19.1 Å². The number of aliphatic hydroxyl groups is 1. The van der Waals surface area contributed by atoms with Crippen LogP contribution in [0, 0.1) is 15.9 Å². The summed E-state index contributed by atoms with van der Waals surface area (Å²) in [6.07, 6.45) is 0.226. The Labute approximate surface area is 135 Å². The van der Waals surface area contributed by atoms with Crippen molar-refractivity contribution in [2.75, 3.05) is 5.32 Å². The highest BCUT2D eigenvalue weighted by Gasteiger charge is 2.20. The van der Waals surface area contributed by atoms with Gasteiger partial charge in [-0.05, 0) is 35.6 Å². The minimum atomic E-state index is -0.902. The van der Waals surface area contributed by atoms with Crippen molar-refractivity contribution in [3.63, 3.8) is 0 Å². The van der Waals surface area contributed by atoms with Gasteiger partial charge in [0.25, 0.3) is 0 Å². The lowest BCUT2D eigenvalue weighted by molar-refractivity contribution is -0.391. The predicted octanol–water partition coefficient (Wildman–Crippen LogP) is 2.31. The van der Waals surface area contributed by atoms with Gasteiger partial charge in [0.05, 0.1) is 12.1 Å². The number of imidazole rings is 1. The fraction of sp³-hybridized carbons (Fsp3) is 0.200. The number of hydrogen-bond acceptors (Lipinski definition) is 6. The Morgan fingerprint density at radius 2 is 2.00 bits per heavy atom. The van der Waals surface area contributed by atoms with Crippen LogP contribution in [0.25, 0.3) is 5.65 Å². The summed E-state index contributed by atoms with van der Waals surface area (Å²) >= 11 is 0. The summed E-state index contributed by atoms with van der Waals surface area (Å²) in [5.74, 6) is -0.288. The van der Waals surface area contributed by atoms with Gasteiger partial charge in [-0.25, -0.2) is 9.37 Å². The highest BCUT2D eigenvalue weighted by atomic mass is 19.1. The summed E-state index contributed by atoms with van der Waals surface area (Å²) in [6, 6.07) is 8.27. The van der Waals surface area contributed by atoms with E-state index in [2.05, 4.69) is 15.4 Å². The molecule has 124 valence electrons. The molecule has 0 unspecified atom stereocenters. The van der Waals surface area contributed by atoms with Crippen molar-refractivity contribution < 1.29 is 14.4 Å². The second-order valence-corrected chi connectivity index (χ2v) is 5.29. The van der Waals surface area contributed by atoms with Gasteiger partial charge in [-0.1, -0.05) is 21.7 Å². The first kappa shape index (κ1) is 15.8. The molecule has 0 spiro atoms. The minimum Gasteiger partial charge on any atom is -0.386 e. The topological polar surface area (TPSA) is 106 Å². The molecule has 0 aliphatic rings. The zero-order valence-electron chi connectivity index (χ0n) is 12.6. The van der Waals surface area contributed by atoms with E-state index in [0.717, 1.165) is 10.7 Å². The summed E-state index contributed by atoms with van der Waals surface area (Å²) < 4.78 is 14.1. The van der Waals surface area contributed by atoms with Crippen LogP contribution >= 0.6 is 0 Å².